The first-order valence-electron chi connectivity index (χ1n) is 9.82. The van der Waals surface area contributed by atoms with Crippen LogP contribution in [0.3, 0.4) is 0 Å². The Kier molecular flexibility index (Phi) is 5.41. The van der Waals surface area contributed by atoms with Crippen LogP contribution in [-0.2, 0) is 9.59 Å². The lowest BCUT2D eigenvalue weighted by Crippen LogP contribution is -2.35. The van der Waals surface area contributed by atoms with Crippen molar-refractivity contribution in [2.45, 2.75) is 39.0 Å². The molecule has 4 nitrogen and oxygen atoms in total. The molecule has 148 valence electrons. The smallest absolute Gasteiger partial charge is 0.254 e. The van der Waals surface area contributed by atoms with E-state index in [4.69, 9.17) is 0 Å². The standard InChI is InChI=1S/C24H23BrN2O2/c1-14-7-3-4-10-18(14)27-24(29)21-15(2)26-19-11-6-12-20(28)23(19)22(21)16-8-5-9-17(25)13-16/h3-5,7-10,13,22,26H,6,11-12H2,1-2H3,(H,27,29). The number of para-hydroxylation sites is 1. The molecule has 1 heterocycles. The van der Waals surface area contributed by atoms with Crippen molar-refractivity contribution in [2.24, 2.45) is 0 Å². The maximum absolute atomic E-state index is 13.4. The average molecular weight is 451 g/mol. The molecule has 4 rings (SSSR count). The van der Waals surface area contributed by atoms with Crippen molar-refractivity contribution >= 4 is 33.3 Å². The van der Waals surface area contributed by atoms with Crippen molar-refractivity contribution in [1.82, 2.24) is 5.32 Å². The van der Waals surface area contributed by atoms with Crippen molar-refractivity contribution < 1.29 is 9.59 Å². The van der Waals surface area contributed by atoms with Gasteiger partial charge >= 0.3 is 0 Å². The van der Waals surface area contributed by atoms with Gasteiger partial charge in [0.1, 0.15) is 0 Å². The van der Waals surface area contributed by atoms with E-state index in [0.717, 1.165) is 51.1 Å². The number of carbonyl (C=O) groups excluding carboxylic acids is 2. The summed E-state index contributed by atoms with van der Waals surface area (Å²) in [6, 6.07) is 15.6. The van der Waals surface area contributed by atoms with Crippen LogP contribution in [0.15, 0.2) is 75.5 Å². The van der Waals surface area contributed by atoms with Gasteiger partial charge in [-0.2, -0.15) is 0 Å². The van der Waals surface area contributed by atoms with E-state index in [-0.39, 0.29) is 17.6 Å². The second-order valence-electron chi connectivity index (χ2n) is 7.59. The summed E-state index contributed by atoms with van der Waals surface area (Å²) in [5.74, 6) is -0.433. The fourth-order valence-corrected chi connectivity index (χ4v) is 4.62. The van der Waals surface area contributed by atoms with Gasteiger partial charge in [0.05, 0.1) is 0 Å². The Hall–Kier alpha value is -2.66. The highest BCUT2D eigenvalue weighted by molar-refractivity contribution is 9.10. The first-order valence-corrected chi connectivity index (χ1v) is 10.6. The minimum absolute atomic E-state index is 0.123. The van der Waals surface area contributed by atoms with Crippen molar-refractivity contribution in [1.29, 1.82) is 0 Å². The monoisotopic (exact) mass is 450 g/mol. The molecular formula is C24H23BrN2O2. The predicted octanol–water partition coefficient (Wildman–Crippen LogP) is 5.36. The number of nitrogens with one attached hydrogen (secondary N) is 2. The number of dihydropyridines is 1. The lowest BCUT2D eigenvalue weighted by Gasteiger charge is -2.34. The summed E-state index contributed by atoms with van der Waals surface area (Å²) in [6.45, 7) is 3.88. The Balaban J connectivity index is 1.81. The molecule has 0 saturated heterocycles. The maximum atomic E-state index is 13.4. The van der Waals surface area contributed by atoms with Gasteiger partial charge in [-0.25, -0.2) is 0 Å². The molecule has 5 heteroatoms. The number of anilines is 1. The van der Waals surface area contributed by atoms with Crippen molar-refractivity contribution in [3.63, 3.8) is 0 Å². The number of benzene rings is 2. The highest BCUT2D eigenvalue weighted by atomic mass is 79.9. The Labute approximate surface area is 179 Å². The number of ketones is 1. The van der Waals surface area contributed by atoms with Gasteiger partial charge < -0.3 is 10.6 Å². The van der Waals surface area contributed by atoms with Crippen LogP contribution in [0.25, 0.3) is 0 Å². The van der Waals surface area contributed by atoms with Crippen LogP contribution in [-0.4, -0.2) is 11.7 Å². The summed E-state index contributed by atoms with van der Waals surface area (Å²) >= 11 is 3.53. The molecule has 29 heavy (non-hydrogen) atoms. The van der Waals surface area contributed by atoms with Crippen LogP contribution in [0, 0.1) is 6.92 Å². The number of halogens is 1. The first-order chi connectivity index (χ1) is 14.0. The van der Waals surface area contributed by atoms with Crippen LogP contribution in [0.1, 0.15) is 43.2 Å². The van der Waals surface area contributed by atoms with Gasteiger partial charge in [0.15, 0.2) is 5.78 Å². The molecular weight excluding hydrogens is 428 g/mol. The third kappa shape index (κ3) is 3.79. The number of allylic oxidation sites excluding steroid dienone is 3. The zero-order valence-corrected chi connectivity index (χ0v) is 18.1. The molecule has 1 atom stereocenters. The molecule has 0 radical (unpaired) electrons. The fourth-order valence-electron chi connectivity index (χ4n) is 4.21. The number of Topliss-reactive ketones (excluding diaryl/α,β-unsaturated/α-hetero) is 1. The third-order valence-electron chi connectivity index (χ3n) is 5.60. The summed E-state index contributed by atoms with van der Waals surface area (Å²) in [6.07, 6.45) is 2.19. The number of aryl methyl sites for hydroxylation is 1. The average Bonchev–Trinajstić information content (AvgIpc) is 2.69. The van der Waals surface area contributed by atoms with Crippen LogP contribution < -0.4 is 10.6 Å². The molecule has 0 spiro atoms. The Bertz CT molecular complexity index is 1070. The second-order valence-corrected chi connectivity index (χ2v) is 8.51. The minimum atomic E-state index is -0.374. The number of hydrogen-bond donors (Lipinski definition) is 2. The zero-order chi connectivity index (χ0) is 20.5. The molecule has 2 aromatic carbocycles. The summed E-state index contributed by atoms with van der Waals surface area (Å²) in [4.78, 5) is 26.3. The molecule has 1 amide bonds. The van der Waals surface area contributed by atoms with E-state index in [9.17, 15) is 9.59 Å². The fraction of sp³-hybridized carbons (Fsp3) is 0.250. The number of hydrogen-bond acceptors (Lipinski definition) is 3. The zero-order valence-electron chi connectivity index (χ0n) is 16.5. The quantitative estimate of drug-likeness (QED) is 0.660. The second kappa shape index (κ2) is 7.99. The maximum Gasteiger partial charge on any atom is 0.254 e. The number of carbonyl (C=O) groups is 2. The van der Waals surface area contributed by atoms with Crippen LogP contribution in [0.5, 0.6) is 0 Å². The van der Waals surface area contributed by atoms with E-state index in [1.807, 2.05) is 62.4 Å². The first kappa shape index (κ1) is 19.6. The number of rotatable bonds is 3. The minimum Gasteiger partial charge on any atom is -0.362 e. The number of amides is 1. The largest absolute Gasteiger partial charge is 0.362 e. The molecule has 1 unspecified atom stereocenters. The van der Waals surface area contributed by atoms with E-state index >= 15 is 0 Å². The summed E-state index contributed by atoms with van der Waals surface area (Å²) < 4.78 is 0.926. The van der Waals surface area contributed by atoms with Gasteiger partial charge in [0, 0.05) is 45.0 Å². The molecule has 2 aromatic rings. The molecule has 1 aliphatic heterocycles. The molecule has 2 N–H and O–H groups in total. The van der Waals surface area contributed by atoms with E-state index < -0.39 is 0 Å². The van der Waals surface area contributed by atoms with E-state index in [1.165, 1.54) is 0 Å². The van der Waals surface area contributed by atoms with Gasteiger partial charge in [-0.1, -0.05) is 46.3 Å². The van der Waals surface area contributed by atoms with E-state index in [1.54, 1.807) is 0 Å². The summed E-state index contributed by atoms with van der Waals surface area (Å²) in [5.41, 5.74) is 5.80. The van der Waals surface area contributed by atoms with Crippen LogP contribution >= 0.6 is 15.9 Å². The molecule has 1 aliphatic carbocycles. The van der Waals surface area contributed by atoms with Crippen LogP contribution in [0.2, 0.25) is 0 Å². The molecule has 2 aliphatic rings. The summed E-state index contributed by atoms with van der Waals surface area (Å²) in [5, 5.41) is 6.41. The van der Waals surface area contributed by atoms with Gasteiger partial charge in [0.25, 0.3) is 5.91 Å². The Morgan fingerprint density at radius 3 is 2.66 bits per heavy atom. The van der Waals surface area contributed by atoms with E-state index in [2.05, 4.69) is 26.6 Å². The molecule has 0 bridgehead atoms. The third-order valence-corrected chi connectivity index (χ3v) is 6.09. The molecule has 0 saturated carbocycles. The van der Waals surface area contributed by atoms with Crippen LogP contribution in [0.4, 0.5) is 5.69 Å². The predicted molar refractivity (Wildman–Crippen MR) is 118 cm³/mol. The van der Waals surface area contributed by atoms with Gasteiger partial charge in [0.2, 0.25) is 0 Å². The SMILES string of the molecule is CC1=C(C(=O)Nc2ccccc2C)C(c2cccc(Br)c2)C2=C(CCCC2=O)N1. The van der Waals surface area contributed by atoms with Gasteiger partial charge in [-0.3, -0.25) is 9.59 Å². The lowest BCUT2D eigenvalue weighted by molar-refractivity contribution is -0.116. The van der Waals surface area contributed by atoms with Crippen molar-refractivity contribution in [3.05, 3.63) is 86.7 Å². The van der Waals surface area contributed by atoms with Gasteiger partial charge in [-0.15, -0.1) is 0 Å². The van der Waals surface area contributed by atoms with Crippen molar-refractivity contribution in [2.75, 3.05) is 5.32 Å². The highest BCUT2D eigenvalue weighted by Gasteiger charge is 2.38. The van der Waals surface area contributed by atoms with Gasteiger partial charge in [-0.05, 0) is 56.0 Å². The topological polar surface area (TPSA) is 58.2 Å². The summed E-state index contributed by atoms with van der Waals surface area (Å²) in [7, 11) is 0. The molecule has 0 fully saturated rings. The Morgan fingerprint density at radius 1 is 1.10 bits per heavy atom. The Morgan fingerprint density at radius 2 is 1.90 bits per heavy atom. The highest BCUT2D eigenvalue weighted by Crippen LogP contribution is 2.43. The lowest BCUT2D eigenvalue weighted by atomic mass is 9.75. The van der Waals surface area contributed by atoms with Crippen molar-refractivity contribution in [3.8, 4) is 0 Å². The molecule has 0 aromatic heterocycles. The van der Waals surface area contributed by atoms with E-state index in [0.29, 0.717) is 12.0 Å². The normalized spacial score (nSPS) is 19.0.